The van der Waals surface area contributed by atoms with Crippen molar-refractivity contribution in [1.82, 2.24) is 19.4 Å². The number of hydrogen-bond donors (Lipinski definition) is 0. The largest absolute Gasteiger partial charge is 0.457 e. The standard InChI is InChI=1S/C28H31N5O2S/c1-30-11-10-24-25(19-30)36-27-26(24)28(34)33(20-29-27)17-14-31-12-15-32(16-13-31)21-6-5-9-23(18-21)35-22-7-3-2-4-8-22/h2-9,18,20H,10-17,19H2,1H3. The summed E-state index contributed by atoms with van der Waals surface area (Å²) in [7, 11) is 2.13. The third-order valence-corrected chi connectivity index (χ3v) is 8.33. The maximum atomic E-state index is 13.3. The van der Waals surface area contributed by atoms with Crippen molar-refractivity contribution in [3.8, 4) is 11.5 Å². The van der Waals surface area contributed by atoms with Crippen LogP contribution in [0, 0.1) is 0 Å². The van der Waals surface area contributed by atoms with Crippen LogP contribution in [-0.4, -0.2) is 65.7 Å². The Labute approximate surface area is 215 Å². The first kappa shape index (κ1) is 23.2. The van der Waals surface area contributed by atoms with Crippen LogP contribution in [-0.2, 0) is 19.5 Å². The van der Waals surface area contributed by atoms with Gasteiger partial charge in [0.1, 0.15) is 16.3 Å². The van der Waals surface area contributed by atoms with Gasteiger partial charge in [0.15, 0.2) is 0 Å². The van der Waals surface area contributed by atoms with Crippen LogP contribution in [0.15, 0.2) is 65.7 Å². The van der Waals surface area contributed by atoms with Gasteiger partial charge in [-0.3, -0.25) is 14.3 Å². The molecule has 0 N–H and O–H groups in total. The molecule has 2 aromatic carbocycles. The average molecular weight is 502 g/mol. The number of aromatic nitrogens is 2. The number of piperazine rings is 1. The molecule has 4 aromatic rings. The number of nitrogens with zero attached hydrogens (tertiary/aromatic N) is 5. The van der Waals surface area contributed by atoms with Crippen molar-refractivity contribution in [3.63, 3.8) is 0 Å². The summed E-state index contributed by atoms with van der Waals surface area (Å²) < 4.78 is 7.83. The smallest absolute Gasteiger partial charge is 0.262 e. The van der Waals surface area contributed by atoms with Gasteiger partial charge in [0.05, 0.1) is 11.7 Å². The Bertz CT molecular complexity index is 1410. The quantitative estimate of drug-likeness (QED) is 0.397. The topological polar surface area (TPSA) is 53.8 Å². The molecule has 186 valence electrons. The lowest BCUT2D eigenvalue weighted by atomic mass is 10.1. The highest BCUT2D eigenvalue weighted by atomic mass is 32.1. The van der Waals surface area contributed by atoms with Gasteiger partial charge in [-0.25, -0.2) is 4.98 Å². The van der Waals surface area contributed by atoms with E-state index in [-0.39, 0.29) is 5.56 Å². The van der Waals surface area contributed by atoms with Crippen LogP contribution < -0.4 is 15.2 Å². The Balaban J connectivity index is 1.07. The van der Waals surface area contributed by atoms with Crippen molar-refractivity contribution in [2.24, 2.45) is 0 Å². The number of benzene rings is 2. The highest BCUT2D eigenvalue weighted by molar-refractivity contribution is 7.18. The van der Waals surface area contributed by atoms with Crippen LogP contribution in [0.1, 0.15) is 10.4 Å². The van der Waals surface area contributed by atoms with Crippen LogP contribution in [0.2, 0.25) is 0 Å². The summed E-state index contributed by atoms with van der Waals surface area (Å²) in [5.41, 5.74) is 2.53. The summed E-state index contributed by atoms with van der Waals surface area (Å²) in [5.74, 6) is 1.70. The van der Waals surface area contributed by atoms with Crippen molar-refractivity contribution in [3.05, 3.63) is 81.7 Å². The molecule has 0 saturated carbocycles. The lowest BCUT2D eigenvalue weighted by Gasteiger charge is -2.36. The maximum Gasteiger partial charge on any atom is 0.262 e. The number of thiophene rings is 1. The predicted molar refractivity (Wildman–Crippen MR) is 146 cm³/mol. The minimum absolute atomic E-state index is 0.121. The van der Waals surface area contributed by atoms with E-state index in [0.717, 1.165) is 73.9 Å². The Morgan fingerprint density at radius 2 is 1.75 bits per heavy atom. The first-order chi connectivity index (χ1) is 17.6. The molecule has 0 spiro atoms. The average Bonchev–Trinajstić information content (AvgIpc) is 3.28. The number of hydrogen-bond acceptors (Lipinski definition) is 7. The molecule has 0 unspecified atom stereocenters. The molecule has 2 aromatic heterocycles. The van der Waals surface area contributed by atoms with E-state index >= 15 is 0 Å². The van der Waals surface area contributed by atoms with Gasteiger partial charge >= 0.3 is 0 Å². The fourth-order valence-corrected chi connectivity index (χ4v) is 6.41. The summed E-state index contributed by atoms with van der Waals surface area (Å²) in [6, 6.07) is 18.2. The second-order valence-corrected chi connectivity index (χ2v) is 10.7. The predicted octanol–water partition coefficient (Wildman–Crippen LogP) is 4.06. The Kier molecular flexibility index (Phi) is 6.48. The third-order valence-electron chi connectivity index (χ3n) is 7.21. The zero-order chi connectivity index (χ0) is 24.5. The molecule has 2 aliphatic rings. The Morgan fingerprint density at radius 1 is 0.944 bits per heavy atom. The zero-order valence-electron chi connectivity index (χ0n) is 20.6. The normalized spacial score (nSPS) is 16.9. The number of fused-ring (bicyclic) bond motifs is 3. The molecule has 0 radical (unpaired) electrons. The molecule has 7 nitrogen and oxygen atoms in total. The van der Waals surface area contributed by atoms with Crippen LogP contribution in [0.3, 0.4) is 0 Å². The molecule has 1 fully saturated rings. The van der Waals surface area contributed by atoms with Gasteiger partial charge in [-0.05, 0) is 43.3 Å². The molecule has 0 aliphatic carbocycles. The first-order valence-corrected chi connectivity index (χ1v) is 13.4. The van der Waals surface area contributed by atoms with Crippen LogP contribution in [0.25, 0.3) is 10.2 Å². The monoisotopic (exact) mass is 501 g/mol. The van der Waals surface area contributed by atoms with Crippen molar-refractivity contribution in [2.75, 3.05) is 51.2 Å². The fourth-order valence-electron chi connectivity index (χ4n) is 5.15. The fraction of sp³-hybridized carbons (Fsp3) is 0.357. The van der Waals surface area contributed by atoms with Crippen LogP contribution >= 0.6 is 11.3 Å². The van der Waals surface area contributed by atoms with Gasteiger partial charge in [-0.2, -0.15) is 0 Å². The number of para-hydroxylation sites is 1. The van der Waals surface area contributed by atoms with Gasteiger partial charge in [0.25, 0.3) is 5.56 Å². The molecular formula is C28H31N5O2S. The van der Waals surface area contributed by atoms with Crippen molar-refractivity contribution < 1.29 is 4.74 Å². The molecule has 0 amide bonds. The number of rotatable bonds is 6. The van der Waals surface area contributed by atoms with Crippen molar-refractivity contribution >= 4 is 27.2 Å². The first-order valence-electron chi connectivity index (χ1n) is 12.6. The van der Waals surface area contributed by atoms with Gasteiger partial charge < -0.3 is 14.5 Å². The Hall–Kier alpha value is -3.20. The lowest BCUT2D eigenvalue weighted by molar-refractivity contribution is 0.247. The summed E-state index contributed by atoms with van der Waals surface area (Å²) in [6.07, 6.45) is 2.68. The SMILES string of the molecule is CN1CCc2c(sc3ncn(CCN4CCN(c5cccc(Oc6ccccc6)c5)CC4)c(=O)c23)C1. The molecule has 0 atom stereocenters. The Morgan fingerprint density at radius 3 is 2.58 bits per heavy atom. The van der Waals surface area contributed by atoms with Crippen LogP contribution in [0.4, 0.5) is 5.69 Å². The summed E-state index contributed by atoms with van der Waals surface area (Å²) >= 11 is 1.68. The number of likely N-dealkylation sites (N-methyl/N-ethyl adjacent to an activating group) is 1. The molecule has 1 saturated heterocycles. The minimum Gasteiger partial charge on any atom is -0.457 e. The van der Waals surface area contributed by atoms with Gasteiger partial charge in [-0.15, -0.1) is 11.3 Å². The highest BCUT2D eigenvalue weighted by Gasteiger charge is 2.23. The van der Waals surface area contributed by atoms with Gasteiger partial charge in [0.2, 0.25) is 0 Å². The van der Waals surface area contributed by atoms with Gasteiger partial charge in [0, 0.05) is 69.0 Å². The van der Waals surface area contributed by atoms with E-state index in [1.807, 2.05) is 41.0 Å². The second kappa shape index (κ2) is 10.0. The lowest BCUT2D eigenvalue weighted by Crippen LogP contribution is -2.47. The van der Waals surface area contributed by atoms with Crippen LogP contribution in [0.5, 0.6) is 11.5 Å². The van der Waals surface area contributed by atoms with E-state index in [9.17, 15) is 4.79 Å². The summed E-state index contributed by atoms with van der Waals surface area (Å²) in [5, 5.41) is 0.855. The molecule has 2 aliphatic heterocycles. The third kappa shape index (κ3) is 4.76. The maximum absolute atomic E-state index is 13.3. The van der Waals surface area contributed by atoms with E-state index < -0.39 is 0 Å². The van der Waals surface area contributed by atoms with Crippen molar-refractivity contribution in [1.29, 1.82) is 0 Å². The molecular weight excluding hydrogens is 470 g/mol. The molecule has 6 rings (SSSR count). The number of ether oxygens (including phenoxy) is 1. The zero-order valence-corrected chi connectivity index (χ0v) is 21.4. The van der Waals surface area contributed by atoms with Gasteiger partial charge in [-0.1, -0.05) is 24.3 Å². The van der Waals surface area contributed by atoms with E-state index in [2.05, 4.69) is 44.9 Å². The highest BCUT2D eigenvalue weighted by Crippen LogP contribution is 2.31. The number of anilines is 1. The van der Waals surface area contributed by atoms with E-state index in [4.69, 9.17) is 4.74 Å². The molecule has 8 heteroatoms. The second-order valence-electron chi connectivity index (χ2n) is 9.66. The minimum atomic E-state index is 0.121. The molecule has 4 heterocycles. The molecule has 0 bridgehead atoms. The van der Waals surface area contributed by atoms with E-state index in [1.54, 1.807) is 17.7 Å². The summed E-state index contributed by atoms with van der Waals surface area (Å²) in [6.45, 7) is 7.28. The molecule has 36 heavy (non-hydrogen) atoms. The van der Waals surface area contributed by atoms with Crippen molar-refractivity contribution in [2.45, 2.75) is 19.5 Å². The summed E-state index contributed by atoms with van der Waals surface area (Å²) in [4.78, 5) is 27.3. The van der Waals surface area contributed by atoms with E-state index in [0.29, 0.717) is 6.54 Å². The van der Waals surface area contributed by atoms with E-state index in [1.165, 1.54) is 16.1 Å².